The zero-order chi connectivity index (χ0) is 16.1. The molecule has 1 amide bonds. The van der Waals surface area contributed by atoms with Gasteiger partial charge in [0.25, 0.3) is 5.91 Å². The van der Waals surface area contributed by atoms with E-state index in [1.807, 2.05) is 39.0 Å². The van der Waals surface area contributed by atoms with Gasteiger partial charge in [0.1, 0.15) is 11.6 Å². The molecule has 2 rings (SSSR count). The Bertz CT molecular complexity index is 611. The summed E-state index contributed by atoms with van der Waals surface area (Å²) in [6, 6.07) is 6.09. The Labute approximate surface area is 132 Å². The number of carbonyl (C=O) groups is 1. The minimum absolute atomic E-state index is 0.168. The van der Waals surface area contributed by atoms with Crippen LogP contribution in [-0.4, -0.2) is 23.9 Å². The molecule has 0 atom stereocenters. The first-order valence-corrected chi connectivity index (χ1v) is 7.76. The van der Waals surface area contributed by atoms with Crippen molar-refractivity contribution in [1.82, 2.24) is 4.90 Å². The summed E-state index contributed by atoms with van der Waals surface area (Å²) in [5.41, 5.74) is 4.16. The molecule has 1 aliphatic rings. The van der Waals surface area contributed by atoms with Crippen molar-refractivity contribution in [2.45, 2.75) is 40.0 Å². The molecule has 0 radical (unpaired) electrons. The van der Waals surface area contributed by atoms with E-state index in [0.29, 0.717) is 0 Å². The van der Waals surface area contributed by atoms with E-state index in [1.54, 1.807) is 6.20 Å². The van der Waals surface area contributed by atoms with Crippen molar-refractivity contribution in [3.8, 4) is 6.07 Å². The normalized spacial score (nSPS) is 15.4. The van der Waals surface area contributed by atoms with Crippen LogP contribution in [0.2, 0.25) is 0 Å². The zero-order valence-corrected chi connectivity index (χ0v) is 13.6. The summed E-state index contributed by atoms with van der Waals surface area (Å²) in [6.07, 6.45) is 5.16. The fourth-order valence-electron chi connectivity index (χ4n) is 2.93. The lowest BCUT2D eigenvalue weighted by atomic mass is 10.0. The zero-order valence-electron chi connectivity index (χ0n) is 13.6. The van der Waals surface area contributed by atoms with E-state index in [-0.39, 0.29) is 11.5 Å². The first kappa shape index (κ1) is 16.1. The molecule has 1 aromatic carbocycles. The number of carbonyl (C=O) groups excluding carboxylic acids is 1. The van der Waals surface area contributed by atoms with Gasteiger partial charge in [0.05, 0.1) is 0 Å². The summed E-state index contributed by atoms with van der Waals surface area (Å²) >= 11 is 0. The lowest BCUT2D eigenvalue weighted by Crippen LogP contribution is -2.26. The number of piperidine rings is 1. The Balaban J connectivity index is 2.16. The van der Waals surface area contributed by atoms with Crippen LogP contribution >= 0.6 is 0 Å². The van der Waals surface area contributed by atoms with Crippen molar-refractivity contribution in [3.63, 3.8) is 0 Å². The molecule has 4 heteroatoms. The number of nitrogens with zero attached hydrogens (tertiary/aromatic N) is 2. The van der Waals surface area contributed by atoms with Gasteiger partial charge in [-0.25, -0.2) is 0 Å². The Hall–Kier alpha value is -2.28. The first-order chi connectivity index (χ1) is 10.5. The van der Waals surface area contributed by atoms with E-state index < -0.39 is 0 Å². The molecular formula is C18H23N3O. The number of benzene rings is 1. The van der Waals surface area contributed by atoms with Crippen LogP contribution in [0.5, 0.6) is 0 Å². The van der Waals surface area contributed by atoms with Crippen molar-refractivity contribution < 1.29 is 4.79 Å². The van der Waals surface area contributed by atoms with Crippen molar-refractivity contribution in [1.29, 1.82) is 5.26 Å². The third-order valence-electron chi connectivity index (χ3n) is 3.98. The van der Waals surface area contributed by atoms with Crippen molar-refractivity contribution >= 4 is 11.6 Å². The number of anilines is 1. The maximum absolute atomic E-state index is 12.4. The van der Waals surface area contributed by atoms with E-state index in [9.17, 15) is 10.1 Å². The summed E-state index contributed by atoms with van der Waals surface area (Å²) < 4.78 is 0. The molecule has 4 nitrogen and oxygen atoms in total. The molecule has 116 valence electrons. The highest BCUT2D eigenvalue weighted by atomic mass is 16.1. The van der Waals surface area contributed by atoms with Crippen LogP contribution in [0.3, 0.4) is 0 Å². The van der Waals surface area contributed by atoms with Gasteiger partial charge >= 0.3 is 0 Å². The van der Waals surface area contributed by atoms with Crippen LogP contribution in [0, 0.1) is 32.1 Å². The van der Waals surface area contributed by atoms with E-state index in [2.05, 4.69) is 10.2 Å². The molecule has 1 N–H and O–H groups in total. The van der Waals surface area contributed by atoms with E-state index >= 15 is 0 Å². The van der Waals surface area contributed by atoms with Gasteiger partial charge in [-0.05, 0) is 51.2 Å². The molecule has 0 spiro atoms. The SMILES string of the molecule is Cc1cc(C)c(NC(=O)/C(C#N)=C\N2CCCCC2)c(C)c1. The topological polar surface area (TPSA) is 56.1 Å². The second kappa shape index (κ2) is 7.13. The number of nitriles is 1. The fraction of sp³-hybridized carbons (Fsp3) is 0.444. The number of aryl methyl sites for hydroxylation is 3. The molecule has 1 fully saturated rings. The van der Waals surface area contributed by atoms with Crippen LogP contribution in [-0.2, 0) is 4.79 Å². The number of amides is 1. The predicted molar refractivity (Wildman–Crippen MR) is 88.4 cm³/mol. The van der Waals surface area contributed by atoms with E-state index in [4.69, 9.17) is 0 Å². The third kappa shape index (κ3) is 3.88. The highest BCUT2D eigenvalue weighted by molar-refractivity contribution is 6.07. The second-order valence-corrected chi connectivity index (χ2v) is 5.98. The van der Waals surface area contributed by atoms with Crippen LogP contribution in [0.25, 0.3) is 0 Å². The highest BCUT2D eigenvalue weighted by Gasteiger charge is 2.15. The monoisotopic (exact) mass is 297 g/mol. The summed E-state index contributed by atoms with van der Waals surface area (Å²) in [7, 11) is 0. The van der Waals surface area contributed by atoms with E-state index in [0.717, 1.165) is 48.3 Å². The first-order valence-electron chi connectivity index (χ1n) is 7.76. The largest absolute Gasteiger partial charge is 0.376 e. The summed E-state index contributed by atoms with van der Waals surface area (Å²) in [6.45, 7) is 7.80. The highest BCUT2D eigenvalue weighted by Crippen LogP contribution is 2.22. The maximum atomic E-state index is 12.4. The molecule has 0 aromatic heterocycles. The number of hydrogen-bond acceptors (Lipinski definition) is 3. The average molecular weight is 297 g/mol. The Morgan fingerprint density at radius 1 is 1.18 bits per heavy atom. The van der Waals surface area contributed by atoms with Gasteiger partial charge in [0, 0.05) is 25.0 Å². The van der Waals surface area contributed by atoms with E-state index in [1.165, 1.54) is 6.42 Å². The molecule has 0 aliphatic carbocycles. The fourth-order valence-corrected chi connectivity index (χ4v) is 2.93. The number of nitrogens with one attached hydrogen (secondary N) is 1. The molecular weight excluding hydrogens is 274 g/mol. The Kier molecular flexibility index (Phi) is 5.21. The standard InChI is InChI=1S/C18H23N3O/c1-13-9-14(2)17(15(3)10-13)20-18(22)16(11-19)12-21-7-5-4-6-8-21/h9-10,12H,4-8H2,1-3H3,(H,20,22)/b16-12-. The molecule has 1 saturated heterocycles. The lowest BCUT2D eigenvalue weighted by molar-refractivity contribution is -0.112. The van der Waals surface area contributed by atoms with Gasteiger partial charge in [-0.3, -0.25) is 4.79 Å². The Morgan fingerprint density at radius 3 is 2.32 bits per heavy atom. The number of hydrogen-bond donors (Lipinski definition) is 1. The van der Waals surface area contributed by atoms with Crippen LogP contribution in [0.4, 0.5) is 5.69 Å². The second-order valence-electron chi connectivity index (χ2n) is 5.98. The summed E-state index contributed by atoms with van der Waals surface area (Å²) in [4.78, 5) is 14.4. The molecule has 1 heterocycles. The third-order valence-corrected chi connectivity index (χ3v) is 3.98. The van der Waals surface area contributed by atoms with Gasteiger partial charge < -0.3 is 10.2 Å². The molecule has 0 saturated carbocycles. The maximum Gasteiger partial charge on any atom is 0.267 e. The van der Waals surface area contributed by atoms with Gasteiger partial charge in [-0.15, -0.1) is 0 Å². The Morgan fingerprint density at radius 2 is 1.77 bits per heavy atom. The molecule has 1 aliphatic heterocycles. The minimum Gasteiger partial charge on any atom is -0.376 e. The quantitative estimate of drug-likeness (QED) is 0.687. The van der Waals surface area contributed by atoms with Crippen LogP contribution in [0.15, 0.2) is 23.9 Å². The molecule has 22 heavy (non-hydrogen) atoms. The lowest BCUT2D eigenvalue weighted by Gasteiger charge is -2.25. The average Bonchev–Trinajstić information content (AvgIpc) is 2.49. The molecule has 0 unspecified atom stereocenters. The van der Waals surface area contributed by atoms with Crippen molar-refractivity contribution in [2.24, 2.45) is 0 Å². The predicted octanol–water partition coefficient (Wildman–Crippen LogP) is 3.44. The molecule has 1 aromatic rings. The van der Waals surface area contributed by atoms with Gasteiger partial charge in [-0.1, -0.05) is 17.7 Å². The minimum atomic E-state index is -0.330. The van der Waals surface area contributed by atoms with Gasteiger partial charge in [-0.2, -0.15) is 5.26 Å². The van der Waals surface area contributed by atoms with Crippen LogP contribution in [0.1, 0.15) is 36.0 Å². The summed E-state index contributed by atoms with van der Waals surface area (Å²) in [5, 5.41) is 12.2. The van der Waals surface area contributed by atoms with Gasteiger partial charge in [0.2, 0.25) is 0 Å². The number of likely N-dealkylation sites (tertiary alicyclic amines) is 1. The smallest absolute Gasteiger partial charge is 0.267 e. The molecule has 0 bridgehead atoms. The van der Waals surface area contributed by atoms with Crippen molar-refractivity contribution in [2.75, 3.05) is 18.4 Å². The van der Waals surface area contributed by atoms with Gasteiger partial charge in [0.15, 0.2) is 0 Å². The van der Waals surface area contributed by atoms with Crippen molar-refractivity contribution in [3.05, 3.63) is 40.6 Å². The summed E-state index contributed by atoms with van der Waals surface area (Å²) in [5.74, 6) is -0.330. The van der Waals surface area contributed by atoms with Crippen LogP contribution < -0.4 is 5.32 Å². The number of rotatable bonds is 3.